The zero-order chi connectivity index (χ0) is 14.6. The van der Waals surface area contributed by atoms with Crippen molar-refractivity contribution in [2.24, 2.45) is 0 Å². The number of nitrogens with one attached hydrogen (secondary N) is 1. The molecule has 0 aliphatic carbocycles. The third-order valence-corrected chi connectivity index (χ3v) is 3.57. The van der Waals surface area contributed by atoms with Gasteiger partial charge in [0.15, 0.2) is 0 Å². The van der Waals surface area contributed by atoms with Gasteiger partial charge in [0.1, 0.15) is 5.54 Å². The summed E-state index contributed by atoms with van der Waals surface area (Å²) in [6.45, 7) is 3.87. The maximum atomic E-state index is 13.3. The van der Waals surface area contributed by atoms with Crippen molar-refractivity contribution in [2.45, 2.75) is 25.8 Å². The predicted molar refractivity (Wildman–Crippen MR) is 78.9 cm³/mol. The van der Waals surface area contributed by atoms with E-state index in [4.69, 9.17) is 0 Å². The van der Waals surface area contributed by atoms with E-state index in [1.54, 1.807) is 19.1 Å². The van der Waals surface area contributed by atoms with Crippen molar-refractivity contribution in [1.29, 1.82) is 0 Å². The molecular weight excluding hydrogens is 256 g/mol. The van der Waals surface area contributed by atoms with Crippen molar-refractivity contribution in [1.82, 2.24) is 5.32 Å². The largest absolute Gasteiger partial charge is 0.303 e. The Balaban J connectivity index is 2.32. The van der Waals surface area contributed by atoms with Gasteiger partial charge in [0.05, 0.1) is 0 Å². The minimum atomic E-state index is -2.45. The van der Waals surface area contributed by atoms with Crippen LogP contribution in [0.15, 0.2) is 54.6 Å². The molecule has 0 fully saturated rings. The molecule has 1 N–H and O–H groups in total. The predicted octanol–water partition coefficient (Wildman–Crippen LogP) is 4.44. The Labute approximate surface area is 118 Å². The monoisotopic (exact) mass is 275 g/mol. The van der Waals surface area contributed by atoms with E-state index in [2.05, 4.69) is 5.32 Å². The minimum Gasteiger partial charge on any atom is -0.303 e. The molecule has 0 aromatic heterocycles. The summed E-state index contributed by atoms with van der Waals surface area (Å²) in [4.78, 5) is 0. The average Bonchev–Trinajstić information content (AvgIpc) is 2.48. The Morgan fingerprint density at radius 1 is 0.950 bits per heavy atom. The van der Waals surface area contributed by atoms with Crippen LogP contribution in [0.4, 0.5) is 8.78 Å². The lowest BCUT2D eigenvalue weighted by Crippen LogP contribution is -2.45. The molecule has 3 heteroatoms. The van der Waals surface area contributed by atoms with Gasteiger partial charge in [-0.05, 0) is 30.2 Å². The molecule has 0 spiro atoms. The van der Waals surface area contributed by atoms with Crippen molar-refractivity contribution >= 4 is 0 Å². The third-order valence-electron chi connectivity index (χ3n) is 3.57. The highest BCUT2D eigenvalue weighted by Gasteiger charge is 2.35. The number of hydrogen-bond donors (Lipinski definition) is 1. The Morgan fingerprint density at radius 3 is 2.00 bits per heavy atom. The van der Waals surface area contributed by atoms with Crippen LogP contribution in [0.1, 0.15) is 19.4 Å². The molecule has 0 aliphatic heterocycles. The quantitative estimate of drug-likeness (QED) is 0.850. The molecule has 106 valence electrons. The van der Waals surface area contributed by atoms with E-state index in [0.29, 0.717) is 12.1 Å². The fourth-order valence-electron chi connectivity index (χ4n) is 2.31. The van der Waals surface area contributed by atoms with E-state index in [1.807, 2.05) is 49.4 Å². The second-order valence-corrected chi connectivity index (χ2v) is 4.98. The Morgan fingerprint density at radius 2 is 1.50 bits per heavy atom. The van der Waals surface area contributed by atoms with Crippen LogP contribution in [0, 0.1) is 0 Å². The highest BCUT2D eigenvalue weighted by molar-refractivity contribution is 5.63. The molecule has 1 nitrogen and oxygen atoms in total. The van der Waals surface area contributed by atoms with Gasteiger partial charge in [0, 0.05) is 0 Å². The van der Waals surface area contributed by atoms with Crippen molar-refractivity contribution < 1.29 is 8.78 Å². The van der Waals surface area contributed by atoms with E-state index >= 15 is 0 Å². The number of alkyl halides is 2. The summed E-state index contributed by atoms with van der Waals surface area (Å²) >= 11 is 0. The topological polar surface area (TPSA) is 12.0 Å². The van der Waals surface area contributed by atoms with Crippen LogP contribution >= 0.6 is 0 Å². The lowest BCUT2D eigenvalue weighted by molar-refractivity contribution is 0.0394. The maximum Gasteiger partial charge on any atom is 0.260 e. The molecule has 2 rings (SSSR count). The Kier molecular flexibility index (Phi) is 4.50. The van der Waals surface area contributed by atoms with Crippen LogP contribution in [0.3, 0.4) is 0 Å². The summed E-state index contributed by atoms with van der Waals surface area (Å²) in [5, 5.41) is 2.88. The average molecular weight is 275 g/mol. The van der Waals surface area contributed by atoms with Crippen molar-refractivity contribution in [3.63, 3.8) is 0 Å². The molecule has 20 heavy (non-hydrogen) atoms. The summed E-state index contributed by atoms with van der Waals surface area (Å²) in [5.74, 6) is 0. The highest BCUT2D eigenvalue weighted by Crippen LogP contribution is 2.30. The van der Waals surface area contributed by atoms with Crippen molar-refractivity contribution in [3.05, 3.63) is 60.2 Å². The Bertz CT molecular complexity index is 537. The van der Waals surface area contributed by atoms with Crippen LogP contribution in [0.5, 0.6) is 0 Å². The molecule has 0 radical (unpaired) electrons. The standard InChI is InChI=1S/C17H19F2N/c1-3-20-17(2,16(18)19)15-11-9-14(10-12-15)13-7-5-4-6-8-13/h4-12,16,20H,3H2,1-2H3. The fraction of sp³-hybridized carbons (Fsp3) is 0.294. The summed E-state index contributed by atoms with van der Waals surface area (Å²) < 4.78 is 26.6. The van der Waals surface area contributed by atoms with Gasteiger partial charge in [0.2, 0.25) is 0 Å². The molecule has 1 atom stereocenters. The van der Waals surface area contributed by atoms with Crippen LogP contribution < -0.4 is 5.32 Å². The van der Waals surface area contributed by atoms with Crippen LogP contribution in [-0.4, -0.2) is 13.0 Å². The number of rotatable bonds is 5. The number of hydrogen-bond acceptors (Lipinski definition) is 1. The van der Waals surface area contributed by atoms with Crippen LogP contribution in [0.2, 0.25) is 0 Å². The van der Waals surface area contributed by atoms with Gasteiger partial charge in [-0.2, -0.15) is 0 Å². The van der Waals surface area contributed by atoms with E-state index in [1.165, 1.54) is 0 Å². The molecule has 0 amide bonds. The molecular formula is C17H19F2N. The van der Waals surface area contributed by atoms with Crippen LogP contribution in [0.25, 0.3) is 11.1 Å². The first-order valence-electron chi connectivity index (χ1n) is 6.77. The van der Waals surface area contributed by atoms with Gasteiger partial charge in [-0.15, -0.1) is 0 Å². The van der Waals surface area contributed by atoms with Gasteiger partial charge >= 0.3 is 0 Å². The molecule has 0 bridgehead atoms. The zero-order valence-electron chi connectivity index (χ0n) is 11.7. The van der Waals surface area contributed by atoms with Gasteiger partial charge in [-0.1, -0.05) is 61.5 Å². The molecule has 0 saturated carbocycles. The first kappa shape index (κ1) is 14.7. The molecule has 2 aromatic carbocycles. The van der Waals surface area contributed by atoms with Gasteiger partial charge in [-0.25, -0.2) is 8.78 Å². The second kappa shape index (κ2) is 6.14. The van der Waals surface area contributed by atoms with E-state index < -0.39 is 12.0 Å². The molecule has 1 unspecified atom stereocenters. The second-order valence-electron chi connectivity index (χ2n) is 4.98. The summed E-state index contributed by atoms with van der Waals surface area (Å²) in [6.07, 6.45) is -2.45. The molecule has 2 aromatic rings. The van der Waals surface area contributed by atoms with Crippen LogP contribution in [-0.2, 0) is 5.54 Å². The molecule has 0 saturated heterocycles. The van der Waals surface area contributed by atoms with E-state index in [0.717, 1.165) is 11.1 Å². The van der Waals surface area contributed by atoms with Gasteiger partial charge < -0.3 is 5.32 Å². The summed E-state index contributed by atoms with van der Waals surface area (Å²) in [5.41, 5.74) is 1.42. The lowest BCUT2D eigenvalue weighted by Gasteiger charge is -2.30. The first-order chi connectivity index (χ1) is 9.58. The van der Waals surface area contributed by atoms with Gasteiger partial charge in [-0.3, -0.25) is 0 Å². The van der Waals surface area contributed by atoms with E-state index in [-0.39, 0.29) is 0 Å². The number of benzene rings is 2. The molecule has 0 aliphatic rings. The Hall–Kier alpha value is -1.74. The summed E-state index contributed by atoms with van der Waals surface area (Å²) in [7, 11) is 0. The van der Waals surface area contributed by atoms with Crippen molar-refractivity contribution in [2.75, 3.05) is 6.54 Å². The summed E-state index contributed by atoms with van der Waals surface area (Å²) in [6, 6.07) is 17.2. The minimum absolute atomic E-state index is 0.501. The van der Waals surface area contributed by atoms with Crippen molar-refractivity contribution in [3.8, 4) is 11.1 Å². The number of halogens is 2. The third kappa shape index (κ3) is 2.88. The zero-order valence-corrected chi connectivity index (χ0v) is 11.7. The SMILES string of the molecule is CCNC(C)(c1ccc(-c2ccccc2)cc1)C(F)F. The lowest BCUT2D eigenvalue weighted by atomic mass is 9.90. The highest BCUT2D eigenvalue weighted by atomic mass is 19.3. The first-order valence-corrected chi connectivity index (χ1v) is 6.77. The maximum absolute atomic E-state index is 13.3. The van der Waals surface area contributed by atoms with Gasteiger partial charge in [0.25, 0.3) is 6.43 Å². The fourth-order valence-corrected chi connectivity index (χ4v) is 2.31. The normalized spacial score (nSPS) is 14.2. The smallest absolute Gasteiger partial charge is 0.260 e. The van der Waals surface area contributed by atoms with E-state index in [9.17, 15) is 8.78 Å². The molecule has 0 heterocycles.